The van der Waals surface area contributed by atoms with Crippen molar-refractivity contribution in [1.29, 1.82) is 0 Å². The van der Waals surface area contributed by atoms with E-state index in [0.717, 1.165) is 10.6 Å². The molecule has 0 saturated heterocycles. The summed E-state index contributed by atoms with van der Waals surface area (Å²) < 4.78 is 26.1. The molecule has 0 aliphatic carbocycles. The van der Waals surface area contributed by atoms with Crippen LogP contribution in [-0.4, -0.2) is 50.5 Å². The van der Waals surface area contributed by atoms with Crippen LogP contribution in [0.4, 0.5) is 5.69 Å². The third-order valence-electron chi connectivity index (χ3n) is 5.20. The van der Waals surface area contributed by atoms with Crippen LogP contribution in [0.25, 0.3) is 0 Å². The monoisotopic (exact) mass is 561 g/mol. The van der Waals surface area contributed by atoms with E-state index >= 15 is 0 Å². The highest BCUT2D eigenvalue weighted by molar-refractivity contribution is 7.92. The number of amides is 2. The SMILES string of the molecule is CC[C@H](C(=O)NCC(C)C)N(Cc1ccc(Cl)c(Cl)c1)C(=O)CN(c1ccc(Cl)cc1)S(C)(=O)=O. The summed E-state index contributed by atoms with van der Waals surface area (Å²) >= 11 is 18.1. The molecule has 0 bridgehead atoms. The van der Waals surface area contributed by atoms with Crippen LogP contribution in [0.1, 0.15) is 32.8 Å². The maximum Gasteiger partial charge on any atom is 0.244 e. The standard InChI is InChI=1S/C24H30Cl3N3O4S/c1-5-22(24(32)28-13-16(2)3)29(14-17-6-11-20(26)21(27)12-17)23(31)15-30(35(4,33)34)19-9-7-18(25)8-10-19/h6-12,16,22H,5,13-15H2,1-4H3,(H,28,32)/t22-/m1/s1. The maximum atomic E-state index is 13.6. The van der Waals surface area contributed by atoms with Gasteiger partial charge >= 0.3 is 0 Å². The van der Waals surface area contributed by atoms with Crippen LogP contribution >= 0.6 is 34.8 Å². The fraction of sp³-hybridized carbons (Fsp3) is 0.417. The van der Waals surface area contributed by atoms with Crippen molar-refractivity contribution in [3.05, 3.63) is 63.1 Å². The molecule has 0 unspecified atom stereocenters. The average Bonchev–Trinajstić information content (AvgIpc) is 2.78. The first-order valence-corrected chi connectivity index (χ1v) is 14.1. The number of nitrogens with one attached hydrogen (secondary N) is 1. The van der Waals surface area contributed by atoms with Crippen LogP contribution in [0, 0.1) is 5.92 Å². The van der Waals surface area contributed by atoms with Crippen molar-refractivity contribution < 1.29 is 18.0 Å². The lowest BCUT2D eigenvalue weighted by molar-refractivity contribution is -0.140. The van der Waals surface area contributed by atoms with Gasteiger partial charge in [0, 0.05) is 18.1 Å². The van der Waals surface area contributed by atoms with E-state index in [9.17, 15) is 18.0 Å². The van der Waals surface area contributed by atoms with Gasteiger partial charge in [0.05, 0.1) is 22.0 Å². The Bertz CT molecular complexity index is 1140. The Balaban J connectivity index is 2.43. The normalized spacial score (nSPS) is 12.3. The van der Waals surface area contributed by atoms with Crippen molar-refractivity contribution in [2.75, 3.05) is 23.7 Å². The molecule has 2 amide bonds. The lowest BCUT2D eigenvalue weighted by Crippen LogP contribution is -2.52. The Kier molecular flexibility index (Phi) is 10.7. The smallest absolute Gasteiger partial charge is 0.244 e. The van der Waals surface area contributed by atoms with Crippen molar-refractivity contribution in [1.82, 2.24) is 10.2 Å². The molecule has 0 aromatic heterocycles. The predicted octanol–water partition coefficient (Wildman–Crippen LogP) is 4.99. The van der Waals surface area contributed by atoms with E-state index in [4.69, 9.17) is 34.8 Å². The first kappa shape index (κ1) is 29.2. The lowest BCUT2D eigenvalue weighted by atomic mass is 10.1. The van der Waals surface area contributed by atoms with Crippen LogP contribution in [0.15, 0.2) is 42.5 Å². The van der Waals surface area contributed by atoms with E-state index in [1.54, 1.807) is 37.3 Å². The summed E-state index contributed by atoms with van der Waals surface area (Å²) in [5.41, 5.74) is 0.942. The van der Waals surface area contributed by atoms with Crippen LogP contribution in [0.3, 0.4) is 0 Å². The molecule has 0 radical (unpaired) electrons. The van der Waals surface area contributed by atoms with E-state index in [1.807, 2.05) is 13.8 Å². The first-order valence-electron chi connectivity index (χ1n) is 11.1. The molecule has 2 aromatic carbocycles. The highest BCUT2D eigenvalue weighted by Crippen LogP contribution is 2.25. The maximum absolute atomic E-state index is 13.6. The third-order valence-corrected chi connectivity index (χ3v) is 7.33. The summed E-state index contributed by atoms with van der Waals surface area (Å²) in [5, 5.41) is 3.98. The number of benzene rings is 2. The Hall–Kier alpha value is -2.00. The number of carbonyl (C=O) groups is 2. The molecule has 0 aliphatic heterocycles. The van der Waals surface area contributed by atoms with Gasteiger partial charge < -0.3 is 10.2 Å². The summed E-state index contributed by atoms with van der Waals surface area (Å²) in [6.07, 6.45) is 1.35. The molecule has 7 nitrogen and oxygen atoms in total. The summed E-state index contributed by atoms with van der Waals surface area (Å²) in [7, 11) is -3.82. The number of hydrogen-bond acceptors (Lipinski definition) is 4. The average molecular weight is 563 g/mol. The number of hydrogen-bond donors (Lipinski definition) is 1. The van der Waals surface area contributed by atoms with E-state index in [0.29, 0.717) is 33.6 Å². The molecule has 35 heavy (non-hydrogen) atoms. The van der Waals surface area contributed by atoms with Crippen molar-refractivity contribution >= 4 is 62.3 Å². The molecule has 0 saturated carbocycles. The van der Waals surface area contributed by atoms with Gasteiger partial charge in [-0.05, 0) is 54.3 Å². The lowest BCUT2D eigenvalue weighted by Gasteiger charge is -2.33. The molecule has 0 heterocycles. The van der Waals surface area contributed by atoms with Gasteiger partial charge in [-0.25, -0.2) is 8.42 Å². The number of carbonyl (C=O) groups excluding carboxylic acids is 2. The minimum Gasteiger partial charge on any atom is -0.354 e. The summed E-state index contributed by atoms with van der Waals surface area (Å²) in [6.45, 7) is 5.73. The first-order chi connectivity index (χ1) is 16.3. The van der Waals surface area contributed by atoms with Gasteiger partial charge in [0.25, 0.3) is 0 Å². The highest BCUT2D eigenvalue weighted by Gasteiger charge is 2.31. The number of sulfonamides is 1. The minimum atomic E-state index is -3.82. The topological polar surface area (TPSA) is 86.8 Å². The Morgan fingerprint density at radius 2 is 1.63 bits per heavy atom. The molecule has 0 fully saturated rings. The zero-order chi connectivity index (χ0) is 26.3. The molecule has 0 spiro atoms. The number of halogens is 3. The number of nitrogens with zero attached hydrogens (tertiary/aromatic N) is 2. The quantitative estimate of drug-likeness (QED) is 0.418. The van der Waals surface area contributed by atoms with Gasteiger partial charge in [-0.3, -0.25) is 13.9 Å². The zero-order valence-corrected chi connectivity index (χ0v) is 23.2. The van der Waals surface area contributed by atoms with Crippen LogP contribution in [0.2, 0.25) is 15.1 Å². The molecule has 11 heteroatoms. The second-order valence-electron chi connectivity index (χ2n) is 8.58. The molecule has 2 rings (SSSR count). The predicted molar refractivity (Wildman–Crippen MR) is 143 cm³/mol. The second kappa shape index (κ2) is 12.8. The summed E-state index contributed by atoms with van der Waals surface area (Å²) in [5.74, 6) is -0.628. The molecule has 1 atom stereocenters. The van der Waals surface area contributed by atoms with Crippen molar-refractivity contribution in [3.63, 3.8) is 0 Å². The van der Waals surface area contributed by atoms with E-state index in [1.165, 1.54) is 17.0 Å². The van der Waals surface area contributed by atoms with Gasteiger partial charge in [0.15, 0.2) is 0 Å². The Morgan fingerprint density at radius 1 is 1.00 bits per heavy atom. The fourth-order valence-corrected chi connectivity index (χ4v) is 4.69. The van der Waals surface area contributed by atoms with E-state index in [2.05, 4.69) is 5.32 Å². The second-order valence-corrected chi connectivity index (χ2v) is 11.7. The van der Waals surface area contributed by atoms with Crippen molar-refractivity contribution in [3.8, 4) is 0 Å². The Labute approximate surface area is 222 Å². The highest BCUT2D eigenvalue weighted by atomic mass is 35.5. The van der Waals surface area contributed by atoms with Gasteiger partial charge in [-0.2, -0.15) is 0 Å². The van der Waals surface area contributed by atoms with Crippen molar-refractivity contribution in [2.24, 2.45) is 5.92 Å². The largest absolute Gasteiger partial charge is 0.354 e. The molecule has 0 aliphatic rings. The van der Waals surface area contributed by atoms with Gasteiger partial charge in [-0.15, -0.1) is 0 Å². The van der Waals surface area contributed by atoms with Crippen molar-refractivity contribution in [2.45, 2.75) is 39.8 Å². The van der Waals surface area contributed by atoms with E-state index < -0.39 is 28.5 Å². The molecule has 1 N–H and O–H groups in total. The van der Waals surface area contributed by atoms with Gasteiger partial charge in [-0.1, -0.05) is 61.6 Å². The Morgan fingerprint density at radius 3 is 2.14 bits per heavy atom. The van der Waals surface area contributed by atoms with Gasteiger partial charge in [0.2, 0.25) is 21.8 Å². The van der Waals surface area contributed by atoms with E-state index in [-0.39, 0.29) is 24.1 Å². The fourth-order valence-electron chi connectivity index (χ4n) is 3.40. The zero-order valence-electron chi connectivity index (χ0n) is 20.1. The van der Waals surface area contributed by atoms with Gasteiger partial charge in [0.1, 0.15) is 12.6 Å². The molecular weight excluding hydrogens is 533 g/mol. The number of anilines is 1. The van der Waals surface area contributed by atoms with Crippen LogP contribution in [0.5, 0.6) is 0 Å². The number of rotatable bonds is 11. The molecular formula is C24H30Cl3N3O4S. The molecule has 192 valence electrons. The summed E-state index contributed by atoms with van der Waals surface area (Å²) in [6, 6.07) is 10.2. The minimum absolute atomic E-state index is 0.0432. The van der Waals surface area contributed by atoms with Crippen LogP contribution in [-0.2, 0) is 26.2 Å². The molecule has 2 aromatic rings. The summed E-state index contributed by atoms with van der Waals surface area (Å²) in [4.78, 5) is 28.0. The third kappa shape index (κ3) is 8.56. The van der Waals surface area contributed by atoms with Crippen LogP contribution < -0.4 is 9.62 Å².